The summed E-state index contributed by atoms with van der Waals surface area (Å²) < 4.78 is 0. The summed E-state index contributed by atoms with van der Waals surface area (Å²) in [6.07, 6.45) is 1.84. The lowest BCUT2D eigenvalue weighted by atomic mass is 10.0. The van der Waals surface area contributed by atoms with Crippen LogP contribution in [0.5, 0.6) is 5.75 Å². The van der Waals surface area contributed by atoms with Gasteiger partial charge < -0.3 is 10.1 Å². The number of pyridine rings is 1. The number of aromatic hydroxyl groups is 1. The molecule has 2 aromatic carbocycles. The fourth-order valence-corrected chi connectivity index (χ4v) is 1.98. The van der Waals surface area contributed by atoms with Gasteiger partial charge in [-0.25, -0.2) is 0 Å². The van der Waals surface area contributed by atoms with Gasteiger partial charge in [0.05, 0.1) is 0 Å². The quantitative estimate of drug-likeness (QED) is 0.626. The summed E-state index contributed by atoms with van der Waals surface area (Å²) in [6.45, 7) is 0. The molecule has 0 aliphatic rings. The molecular weight excluding hydrogens is 282 g/mol. The van der Waals surface area contributed by atoms with E-state index >= 15 is 0 Å². The summed E-state index contributed by atoms with van der Waals surface area (Å²) in [5, 5.41) is 11.8. The highest BCUT2D eigenvalue weighted by Gasteiger charge is 2.05. The van der Waals surface area contributed by atoms with Gasteiger partial charge in [-0.05, 0) is 35.7 Å². The third kappa shape index (κ3) is 1.70. The molecule has 0 unspecified atom stereocenters. The molecule has 0 saturated carbocycles. The second-order valence-corrected chi connectivity index (χ2v) is 3.71. The minimum Gasteiger partial charge on any atom is -0.504 e. The normalized spacial score (nSPS) is 10.4. The molecule has 0 aliphatic heterocycles. The third-order valence-corrected chi connectivity index (χ3v) is 2.77. The van der Waals surface area contributed by atoms with E-state index < -0.39 is 0 Å². The fraction of sp³-hybridized carbons (Fsp3) is 0. The summed E-state index contributed by atoms with van der Waals surface area (Å²) in [4.78, 5) is 14.8. The second kappa shape index (κ2) is 4.22. The molecule has 17 heavy (non-hydrogen) atoms. The largest absolute Gasteiger partial charge is 0.504 e. The average molecular weight is 292 g/mol. The van der Waals surface area contributed by atoms with E-state index in [1.807, 2.05) is 24.4 Å². The van der Waals surface area contributed by atoms with Crippen LogP contribution in [-0.2, 0) is 0 Å². The van der Waals surface area contributed by atoms with Crippen molar-refractivity contribution in [2.45, 2.75) is 0 Å². The molecule has 1 aromatic heterocycles. The van der Waals surface area contributed by atoms with Gasteiger partial charge in [0.25, 0.3) is 0 Å². The van der Waals surface area contributed by atoms with E-state index in [0.29, 0.717) is 5.39 Å². The van der Waals surface area contributed by atoms with Crippen LogP contribution in [-0.4, -0.2) is 10.1 Å². The molecule has 0 aliphatic carbocycles. The Hall–Kier alpha value is -1.81. The molecule has 86 valence electrons. The zero-order valence-corrected chi connectivity index (χ0v) is 10.5. The number of halogens is 1. The first-order valence-electron chi connectivity index (χ1n) is 4.99. The molecule has 0 amide bonds. The smallest absolute Gasteiger partial charge is 0.227 e. The Morgan fingerprint density at radius 2 is 1.71 bits per heavy atom. The predicted molar refractivity (Wildman–Crippen MR) is 74.1 cm³/mol. The summed E-state index contributed by atoms with van der Waals surface area (Å²) >= 11 is 0. The van der Waals surface area contributed by atoms with Crippen LogP contribution in [0, 0.1) is 0 Å². The summed E-state index contributed by atoms with van der Waals surface area (Å²) in [5.41, 5.74) is 0.656. The zero-order chi connectivity index (χ0) is 11.1. The van der Waals surface area contributed by atoms with Crippen molar-refractivity contribution < 1.29 is 5.11 Å². The lowest BCUT2D eigenvalue weighted by molar-refractivity contribution is 0.471. The Morgan fingerprint density at radius 3 is 2.53 bits per heavy atom. The Labute approximate surface area is 107 Å². The number of hydrogen-bond donors (Lipinski definition) is 2. The molecule has 3 nitrogen and oxygen atoms in total. The molecule has 0 spiro atoms. The van der Waals surface area contributed by atoms with Crippen molar-refractivity contribution >= 4 is 38.7 Å². The number of H-pyrrole nitrogens is 1. The molecule has 1 heterocycles. The molecular formula is C13H10BrNO2. The van der Waals surface area contributed by atoms with E-state index in [2.05, 4.69) is 4.98 Å². The number of aromatic nitrogens is 1. The van der Waals surface area contributed by atoms with E-state index in [9.17, 15) is 9.90 Å². The Balaban J connectivity index is 0.00000108. The van der Waals surface area contributed by atoms with Crippen LogP contribution in [0.4, 0.5) is 0 Å². The maximum atomic E-state index is 11.7. The number of hydrogen-bond acceptors (Lipinski definition) is 2. The van der Waals surface area contributed by atoms with Crippen molar-refractivity contribution in [2.75, 3.05) is 0 Å². The van der Waals surface area contributed by atoms with E-state index in [4.69, 9.17) is 0 Å². The Bertz CT molecular complexity index is 749. The molecule has 2 N–H and O–H groups in total. The molecule has 0 atom stereocenters. The van der Waals surface area contributed by atoms with Gasteiger partial charge in [0.15, 0.2) is 5.75 Å². The minimum absolute atomic E-state index is 0. The maximum Gasteiger partial charge on any atom is 0.227 e. The van der Waals surface area contributed by atoms with Gasteiger partial charge in [-0.1, -0.05) is 6.07 Å². The second-order valence-electron chi connectivity index (χ2n) is 3.71. The van der Waals surface area contributed by atoms with Crippen LogP contribution in [0.3, 0.4) is 0 Å². The molecule has 3 aromatic rings. The van der Waals surface area contributed by atoms with Gasteiger partial charge in [0.2, 0.25) is 5.43 Å². The summed E-state index contributed by atoms with van der Waals surface area (Å²) in [5.74, 6) is -0.202. The first-order valence-corrected chi connectivity index (χ1v) is 4.99. The van der Waals surface area contributed by atoms with Crippen molar-refractivity contribution in [3.05, 3.63) is 52.8 Å². The van der Waals surface area contributed by atoms with Crippen molar-refractivity contribution in [2.24, 2.45) is 0 Å². The topological polar surface area (TPSA) is 53.1 Å². The van der Waals surface area contributed by atoms with Gasteiger partial charge in [-0.2, -0.15) is 0 Å². The average Bonchev–Trinajstić information content (AvgIpc) is 2.33. The highest BCUT2D eigenvalue weighted by Crippen LogP contribution is 2.23. The number of phenols is 1. The SMILES string of the molecule is Br.O=c1c(O)ccc2c1ccc1[nH]cccc12. The minimum atomic E-state index is -0.316. The number of phenolic OH excluding ortho intramolecular Hbond substituents is 1. The van der Waals surface area contributed by atoms with Gasteiger partial charge in [-0.15, -0.1) is 17.0 Å². The predicted octanol–water partition coefficient (Wildman–Crippen LogP) is 2.96. The van der Waals surface area contributed by atoms with Crippen LogP contribution in [0.1, 0.15) is 0 Å². The summed E-state index contributed by atoms with van der Waals surface area (Å²) in [7, 11) is 0. The Morgan fingerprint density at radius 1 is 0.941 bits per heavy atom. The Kier molecular flexibility index (Phi) is 2.90. The molecule has 4 heteroatoms. The van der Waals surface area contributed by atoms with Crippen LogP contribution in [0.25, 0.3) is 21.7 Å². The first kappa shape index (κ1) is 11.7. The van der Waals surface area contributed by atoms with Gasteiger partial charge in [0, 0.05) is 22.5 Å². The third-order valence-electron chi connectivity index (χ3n) is 2.77. The maximum absolute atomic E-state index is 11.7. The highest BCUT2D eigenvalue weighted by atomic mass is 79.9. The highest BCUT2D eigenvalue weighted by molar-refractivity contribution is 8.93. The van der Waals surface area contributed by atoms with Crippen LogP contribution >= 0.6 is 17.0 Å². The molecule has 0 fully saturated rings. The summed E-state index contributed by atoms with van der Waals surface area (Å²) in [6, 6.07) is 10.6. The number of rotatable bonds is 0. The zero-order valence-electron chi connectivity index (χ0n) is 8.81. The van der Waals surface area contributed by atoms with Crippen molar-refractivity contribution in [3.8, 4) is 5.75 Å². The monoisotopic (exact) mass is 291 g/mol. The lowest BCUT2D eigenvalue weighted by Crippen LogP contribution is -2.00. The number of nitrogens with one attached hydrogen (secondary N) is 1. The van der Waals surface area contributed by atoms with Gasteiger partial charge in [-0.3, -0.25) is 4.79 Å². The van der Waals surface area contributed by atoms with E-state index in [1.54, 1.807) is 12.1 Å². The standard InChI is InChI=1S/C13H9NO2.BrH/c15-12-6-4-8-9-2-1-7-14-11(9)5-3-10(8)13(12)16;/h1-7,14-15H;1H. The van der Waals surface area contributed by atoms with Crippen molar-refractivity contribution in [3.63, 3.8) is 0 Å². The van der Waals surface area contributed by atoms with Crippen LogP contribution in [0.15, 0.2) is 47.4 Å². The number of aromatic amines is 1. The van der Waals surface area contributed by atoms with Gasteiger partial charge >= 0.3 is 0 Å². The molecule has 0 saturated heterocycles. The first-order chi connectivity index (χ1) is 7.77. The van der Waals surface area contributed by atoms with E-state index in [1.165, 1.54) is 6.07 Å². The van der Waals surface area contributed by atoms with E-state index in [-0.39, 0.29) is 28.2 Å². The van der Waals surface area contributed by atoms with Crippen LogP contribution in [0.2, 0.25) is 0 Å². The molecule has 0 bridgehead atoms. The molecule has 3 rings (SSSR count). The van der Waals surface area contributed by atoms with E-state index in [0.717, 1.165) is 16.3 Å². The number of benzene rings is 2. The van der Waals surface area contributed by atoms with Gasteiger partial charge in [0.1, 0.15) is 0 Å². The van der Waals surface area contributed by atoms with Crippen LogP contribution < -0.4 is 5.43 Å². The van der Waals surface area contributed by atoms with Crippen molar-refractivity contribution in [1.29, 1.82) is 0 Å². The lowest BCUT2D eigenvalue weighted by Gasteiger charge is -2.03. The fourth-order valence-electron chi connectivity index (χ4n) is 1.98. The number of fused-ring (bicyclic) bond motifs is 3. The molecule has 0 radical (unpaired) electrons. The van der Waals surface area contributed by atoms with Crippen molar-refractivity contribution in [1.82, 2.24) is 4.98 Å².